The molecule has 3 aromatic rings. The third-order valence-electron chi connectivity index (χ3n) is 4.07. The number of nitrogens with zero attached hydrogens (tertiary/aromatic N) is 2. The van der Waals surface area contributed by atoms with Gasteiger partial charge in [-0.15, -0.1) is 0 Å². The predicted molar refractivity (Wildman–Crippen MR) is 85.6 cm³/mol. The standard InChI is InChI=1S/C17H22N4/c1-10(2)15-9-13(20-21-15)8-11(3)16-12(4)19-17-14(16)6-5-7-18-17/h5-7,9-11H,8H2,1-4H3,(H,18,19)(H,20,21). The molecule has 1 unspecified atom stereocenters. The van der Waals surface area contributed by atoms with Crippen molar-refractivity contribution < 1.29 is 0 Å². The van der Waals surface area contributed by atoms with Crippen LogP contribution in [0.5, 0.6) is 0 Å². The molecule has 3 heterocycles. The van der Waals surface area contributed by atoms with Gasteiger partial charge in [0.15, 0.2) is 0 Å². The zero-order valence-corrected chi connectivity index (χ0v) is 13.1. The second-order valence-electron chi connectivity index (χ2n) is 6.14. The van der Waals surface area contributed by atoms with Gasteiger partial charge in [0, 0.05) is 23.0 Å². The van der Waals surface area contributed by atoms with Gasteiger partial charge in [-0.05, 0) is 48.9 Å². The van der Waals surface area contributed by atoms with Crippen LogP contribution in [0.15, 0.2) is 24.4 Å². The zero-order chi connectivity index (χ0) is 15.0. The van der Waals surface area contributed by atoms with Crippen molar-refractivity contribution in [1.82, 2.24) is 20.2 Å². The second kappa shape index (κ2) is 5.35. The molecular weight excluding hydrogens is 260 g/mol. The number of fused-ring (bicyclic) bond motifs is 1. The SMILES string of the molecule is Cc1[nH]c2ncccc2c1C(C)Cc1cc(C(C)C)n[nH]1. The molecule has 3 aromatic heterocycles. The van der Waals surface area contributed by atoms with Crippen molar-refractivity contribution in [2.24, 2.45) is 0 Å². The van der Waals surface area contributed by atoms with Gasteiger partial charge in [0.05, 0.1) is 5.69 Å². The molecule has 0 aliphatic rings. The summed E-state index contributed by atoms with van der Waals surface area (Å²) in [6, 6.07) is 6.33. The van der Waals surface area contributed by atoms with Crippen LogP contribution < -0.4 is 0 Å². The Bertz CT molecular complexity index is 751. The Hall–Kier alpha value is -2.10. The Morgan fingerprint density at radius 2 is 2.05 bits per heavy atom. The Morgan fingerprint density at radius 3 is 2.76 bits per heavy atom. The maximum atomic E-state index is 4.40. The number of hydrogen-bond acceptors (Lipinski definition) is 2. The molecule has 0 spiro atoms. The van der Waals surface area contributed by atoms with E-state index in [1.807, 2.05) is 12.3 Å². The lowest BCUT2D eigenvalue weighted by atomic mass is 9.94. The minimum absolute atomic E-state index is 0.420. The molecule has 4 nitrogen and oxygen atoms in total. The Kier molecular flexibility index (Phi) is 3.53. The fraction of sp³-hybridized carbons (Fsp3) is 0.412. The summed E-state index contributed by atoms with van der Waals surface area (Å²) in [5.74, 6) is 0.882. The number of aryl methyl sites for hydroxylation is 1. The smallest absolute Gasteiger partial charge is 0.137 e. The first-order chi connectivity index (χ1) is 10.1. The molecule has 0 aromatic carbocycles. The largest absolute Gasteiger partial charge is 0.343 e. The Balaban J connectivity index is 1.89. The summed E-state index contributed by atoms with van der Waals surface area (Å²) in [5.41, 5.74) is 5.88. The monoisotopic (exact) mass is 282 g/mol. The van der Waals surface area contributed by atoms with E-state index >= 15 is 0 Å². The number of aromatic amines is 2. The molecule has 0 radical (unpaired) electrons. The molecular formula is C17H22N4. The lowest BCUT2D eigenvalue weighted by Crippen LogP contribution is -2.00. The maximum Gasteiger partial charge on any atom is 0.137 e. The highest BCUT2D eigenvalue weighted by molar-refractivity contribution is 5.81. The van der Waals surface area contributed by atoms with Crippen LogP contribution in [0.25, 0.3) is 11.0 Å². The van der Waals surface area contributed by atoms with Crippen LogP contribution in [0.2, 0.25) is 0 Å². The van der Waals surface area contributed by atoms with E-state index in [2.05, 4.69) is 60.0 Å². The molecule has 3 rings (SSSR count). The van der Waals surface area contributed by atoms with Crippen molar-refractivity contribution in [2.75, 3.05) is 0 Å². The van der Waals surface area contributed by atoms with Gasteiger partial charge in [-0.25, -0.2) is 4.98 Å². The minimum atomic E-state index is 0.420. The first-order valence-electron chi connectivity index (χ1n) is 7.53. The van der Waals surface area contributed by atoms with E-state index in [9.17, 15) is 0 Å². The van der Waals surface area contributed by atoms with Crippen molar-refractivity contribution >= 4 is 11.0 Å². The third kappa shape index (κ3) is 2.58. The van der Waals surface area contributed by atoms with Crippen LogP contribution in [0, 0.1) is 6.92 Å². The number of H-pyrrole nitrogens is 2. The number of aromatic nitrogens is 4. The Labute approximate surface area is 125 Å². The van der Waals surface area contributed by atoms with Crippen LogP contribution in [-0.2, 0) is 6.42 Å². The van der Waals surface area contributed by atoms with Crippen molar-refractivity contribution in [2.45, 2.75) is 46.0 Å². The van der Waals surface area contributed by atoms with Gasteiger partial charge in [0.2, 0.25) is 0 Å². The molecule has 110 valence electrons. The molecule has 0 amide bonds. The first kappa shape index (κ1) is 13.9. The molecule has 2 N–H and O–H groups in total. The predicted octanol–water partition coefficient (Wildman–Crippen LogP) is 4.06. The van der Waals surface area contributed by atoms with Gasteiger partial charge in [-0.1, -0.05) is 20.8 Å². The molecule has 0 saturated carbocycles. The fourth-order valence-corrected chi connectivity index (χ4v) is 3.02. The normalized spacial score (nSPS) is 13.2. The maximum absolute atomic E-state index is 4.40. The molecule has 1 atom stereocenters. The zero-order valence-electron chi connectivity index (χ0n) is 13.1. The van der Waals surface area contributed by atoms with E-state index in [4.69, 9.17) is 0 Å². The van der Waals surface area contributed by atoms with E-state index in [0.717, 1.165) is 17.8 Å². The minimum Gasteiger partial charge on any atom is -0.343 e. The van der Waals surface area contributed by atoms with E-state index in [0.29, 0.717) is 11.8 Å². The van der Waals surface area contributed by atoms with Crippen LogP contribution >= 0.6 is 0 Å². The summed E-state index contributed by atoms with van der Waals surface area (Å²) >= 11 is 0. The average Bonchev–Trinajstić information content (AvgIpc) is 3.01. The molecule has 0 bridgehead atoms. The highest BCUT2D eigenvalue weighted by Gasteiger charge is 2.17. The van der Waals surface area contributed by atoms with E-state index in [1.165, 1.54) is 22.3 Å². The van der Waals surface area contributed by atoms with Crippen LogP contribution in [-0.4, -0.2) is 20.2 Å². The lowest BCUT2D eigenvalue weighted by molar-refractivity contribution is 0.735. The highest BCUT2D eigenvalue weighted by Crippen LogP contribution is 2.30. The summed E-state index contributed by atoms with van der Waals surface area (Å²) in [6.45, 7) is 8.72. The van der Waals surface area contributed by atoms with E-state index in [1.54, 1.807) is 0 Å². The summed E-state index contributed by atoms with van der Waals surface area (Å²) in [6.07, 6.45) is 2.79. The molecule has 21 heavy (non-hydrogen) atoms. The van der Waals surface area contributed by atoms with E-state index in [-0.39, 0.29) is 0 Å². The second-order valence-corrected chi connectivity index (χ2v) is 6.14. The summed E-state index contributed by atoms with van der Waals surface area (Å²) in [7, 11) is 0. The van der Waals surface area contributed by atoms with Crippen molar-refractivity contribution in [3.8, 4) is 0 Å². The van der Waals surface area contributed by atoms with Gasteiger partial charge in [0.1, 0.15) is 5.65 Å². The van der Waals surface area contributed by atoms with Crippen molar-refractivity contribution in [3.05, 3.63) is 47.0 Å². The number of pyridine rings is 1. The Morgan fingerprint density at radius 1 is 1.24 bits per heavy atom. The van der Waals surface area contributed by atoms with Gasteiger partial charge in [-0.2, -0.15) is 5.10 Å². The fourth-order valence-electron chi connectivity index (χ4n) is 3.02. The molecule has 4 heteroatoms. The van der Waals surface area contributed by atoms with Crippen LogP contribution in [0.3, 0.4) is 0 Å². The van der Waals surface area contributed by atoms with Gasteiger partial charge in [-0.3, -0.25) is 5.10 Å². The molecule has 0 fully saturated rings. The third-order valence-corrected chi connectivity index (χ3v) is 4.07. The number of nitrogens with one attached hydrogen (secondary N) is 2. The number of rotatable bonds is 4. The molecule has 0 saturated heterocycles. The van der Waals surface area contributed by atoms with Gasteiger partial charge < -0.3 is 4.98 Å². The first-order valence-corrected chi connectivity index (χ1v) is 7.53. The summed E-state index contributed by atoms with van der Waals surface area (Å²) in [4.78, 5) is 7.78. The molecule has 0 aliphatic carbocycles. The highest BCUT2D eigenvalue weighted by atomic mass is 15.1. The number of hydrogen-bond donors (Lipinski definition) is 2. The molecule has 0 aliphatic heterocycles. The summed E-state index contributed by atoms with van der Waals surface area (Å²) < 4.78 is 0. The van der Waals surface area contributed by atoms with Crippen molar-refractivity contribution in [1.29, 1.82) is 0 Å². The lowest BCUT2D eigenvalue weighted by Gasteiger charge is -2.10. The van der Waals surface area contributed by atoms with Crippen molar-refractivity contribution in [3.63, 3.8) is 0 Å². The van der Waals surface area contributed by atoms with Crippen LogP contribution in [0.4, 0.5) is 0 Å². The van der Waals surface area contributed by atoms with E-state index < -0.39 is 0 Å². The quantitative estimate of drug-likeness (QED) is 0.758. The average molecular weight is 282 g/mol. The van der Waals surface area contributed by atoms with Gasteiger partial charge in [0.25, 0.3) is 0 Å². The summed E-state index contributed by atoms with van der Waals surface area (Å²) in [5, 5.41) is 8.79. The van der Waals surface area contributed by atoms with Gasteiger partial charge >= 0.3 is 0 Å². The topological polar surface area (TPSA) is 57.4 Å². The van der Waals surface area contributed by atoms with Crippen LogP contribution in [0.1, 0.15) is 55.3 Å².